The molecule has 0 aliphatic carbocycles. The van der Waals surface area contributed by atoms with Crippen LogP contribution in [0.3, 0.4) is 0 Å². The minimum absolute atomic E-state index is 0.213. The Hall–Kier alpha value is -3.84. The van der Waals surface area contributed by atoms with Crippen molar-refractivity contribution in [1.82, 2.24) is 0 Å². The van der Waals surface area contributed by atoms with Crippen molar-refractivity contribution in [3.8, 4) is 50.6 Å². The molecule has 0 bridgehead atoms. The maximum atomic E-state index is 5.98. The van der Waals surface area contributed by atoms with Gasteiger partial charge in [0.05, 0.1) is 19.8 Å². The van der Waals surface area contributed by atoms with Gasteiger partial charge in [0.2, 0.25) is 0 Å². The smallest absolute Gasteiger partial charge is 0.120 e. The van der Waals surface area contributed by atoms with Crippen LogP contribution < -0.4 is 14.2 Å². The fourth-order valence-corrected chi connectivity index (χ4v) is 4.48. The van der Waals surface area contributed by atoms with Crippen molar-refractivity contribution in [2.45, 2.75) is 18.3 Å². The summed E-state index contributed by atoms with van der Waals surface area (Å²) in [5.41, 5.74) is 6.57. The lowest BCUT2D eigenvalue weighted by molar-refractivity contribution is 0.263. The number of ether oxygens (including phenoxy) is 6. The fraction of sp³-hybridized carbons (Fsp3) is 0.273. The lowest BCUT2D eigenvalue weighted by Crippen LogP contribution is -2.04. The molecule has 3 heterocycles. The Labute approximate surface area is 228 Å². The van der Waals surface area contributed by atoms with E-state index < -0.39 is 0 Å². The highest BCUT2D eigenvalue weighted by Crippen LogP contribution is 2.36. The van der Waals surface area contributed by atoms with Crippen molar-refractivity contribution < 1.29 is 28.4 Å². The van der Waals surface area contributed by atoms with Gasteiger partial charge in [-0.25, -0.2) is 0 Å². The van der Waals surface area contributed by atoms with Crippen LogP contribution in [0.2, 0.25) is 0 Å². The Morgan fingerprint density at radius 3 is 1.03 bits per heavy atom. The molecule has 3 aliphatic rings. The zero-order valence-corrected chi connectivity index (χ0v) is 21.6. The van der Waals surface area contributed by atoms with Gasteiger partial charge in [0.15, 0.2) is 0 Å². The van der Waals surface area contributed by atoms with Gasteiger partial charge >= 0.3 is 0 Å². The number of hydrogen-bond donors (Lipinski definition) is 0. The second-order valence-corrected chi connectivity index (χ2v) is 10.2. The molecule has 198 valence electrons. The number of epoxide rings is 3. The van der Waals surface area contributed by atoms with E-state index in [2.05, 4.69) is 54.6 Å². The minimum Gasteiger partial charge on any atom is -0.491 e. The molecule has 3 fully saturated rings. The fourth-order valence-electron chi connectivity index (χ4n) is 4.48. The molecule has 3 saturated heterocycles. The number of rotatable bonds is 12. The molecule has 7 rings (SSSR count). The van der Waals surface area contributed by atoms with E-state index in [1.807, 2.05) is 36.4 Å². The van der Waals surface area contributed by atoms with Crippen LogP contribution in [0.1, 0.15) is 0 Å². The van der Waals surface area contributed by atoms with E-state index in [1.165, 1.54) is 0 Å². The van der Waals surface area contributed by atoms with Crippen molar-refractivity contribution in [3.63, 3.8) is 0 Å². The van der Waals surface area contributed by atoms with Crippen LogP contribution >= 0.6 is 0 Å². The van der Waals surface area contributed by atoms with Crippen molar-refractivity contribution >= 4 is 0 Å². The van der Waals surface area contributed by atoms with E-state index in [1.54, 1.807) is 0 Å². The Morgan fingerprint density at radius 2 is 0.744 bits per heavy atom. The summed E-state index contributed by atoms with van der Waals surface area (Å²) in [5.74, 6) is 2.51. The average molecular weight is 523 g/mol. The van der Waals surface area contributed by atoms with Crippen LogP contribution in [-0.2, 0) is 14.2 Å². The maximum absolute atomic E-state index is 5.98. The Balaban J connectivity index is 1.24. The van der Waals surface area contributed by atoms with Gasteiger partial charge in [0.25, 0.3) is 0 Å². The summed E-state index contributed by atoms with van der Waals surface area (Å²) < 4.78 is 33.8. The number of hydrogen-bond acceptors (Lipinski definition) is 6. The second-order valence-electron chi connectivity index (χ2n) is 10.2. The molecule has 0 N–H and O–H groups in total. The molecule has 0 saturated carbocycles. The Bertz CT molecular complexity index is 1270. The van der Waals surface area contributed by atoms with E-state index in [4.69, 9.17) is 28.4 Å². The van der Waals surface area contributed by atoms with Crippen LogP contribution in [0, 0.1) is 0 Å². The SMILES string of the molecule is c1cc(OCC2CO2)cc(-c2cc(-c3cccc(OCC4CO4)c3)cc(-c3cccc(OCC4CO4)c3)c2)c1. The van der Waals surface area contributed by atoms with Gasteiger partial charge in [-0.05, 0) is 88.0 Å². The minimum atomic E-state index is 0.213. The first-order valence-corrected chi connectivity index (χ1v) is 13.4. The van der Waals surface area contributed by atoms with Gasteiger partial charge in [0, 0.05) is 0 Å². The topological polar surface area (TPSA) is 65.3 Å². The zero-order valence-electron chi connectivity index (χ0n) is 21.6. The largest absolute Gasteiger partial charge is 0.491 e. The molecule has 3 aliphatic heterocycles. The lowest BCUT2D eigenvalue weighted by Gasteiger charge is -2.14. The summed E-state index contributed by atoms with van der Waals surface area (Å²) >= 11 is 0. The van der Waals surface area contributed by atoms with Gasteiger partial charge in [-0.3, -0.25) is 0 Å². The first-order valence-electron chi connectivity index (χ1n) is 13.4. The maximum Gasteiger partial charge on any atom is 0.120 e. The summed E-state index contributed by atoms with van der Waals surface area (Å²) in [7, 11) is 0. The van der Waals surface area contributed by atoms with E-state index >= 15 is 0 Å². The molecule has 0 aromatic heterocycles. The monoisotopic (exact) mass is 522 g/mol. The Kier molecular flexibility index (Phi) is 6.66. The molecular formula is C33H30O6. The van der Waals surface area contributed by atoms with Crippen molar-refractivity contribution in [2.24, 2.45) is 0 Å². The average Bonchev–Trinajstić information content (AvgIpc) is 3.83. The van der Waals surface area contributed by atoms with Crippen LogP contribution in [0.25, 0.3) is 33.4 Å². The van der Waals surface area contributed by atoms with E-state index in [0.29, 0.717) is 19.8 Å². The van der Waals surface area contributed by atoms with E-state index in [9.17, 15) is 0 Å². The van der Waals surface area contributed by atoms with Gasteiger partial charge in [0.1, 0.15) is 55.4 Å². The molecule has 3 unspecified atom stereocenters. The van der Waals surface area contributed by atoms with Crippen molar-refractivity contribution in [2.75, 3.05) is 39.6 Å². The quantitative estimate of drug-likeness (QED) is 0.212. The van der Waals surface area contributed by atoms with Gasteiger partial charge < -0.3 is 28.4 Å². The summed E-state index contributed by atoms with van der Waals surface area (Å²) in [6.07, 6.45) is 0.640. The lowest BCUT2D eigenvalue weighted by atomic mass is 9.93. The molecule has 4 aromatic rings. The molecule has 4 aromatic carbocycles. The zero-order chi connectivity index (χ0) is 26.0. The first-order chi connectivity index (χ1) is 19.2. The summed E-state index contributed by atoms with van der Waals surface area (Å²) in [4.78, 5) is 0. The summed E-state index contributed by atoms with van der Waals surface area (Å²) in [6, 6.07) is 31.4. The van der Waals surface area contributed by atoms with Gasteiger partial charge in [-0.15, -0.1) is 0 Å². The van der Waals surface area contributed by atoms with Crippen LogP contribution in [0.4, 0.5) is 0 Å². The molecule has 6 nitrogen and oxygen atoms in total. The van der Waals surface area contributed by atoms with Gasteiger partial charge in [-0.1, -0.05) is 36.4 Å². The van der Waals surface area contributed by atoms with E-state index in [0.717, 1.165) is 70.4 Å². The van der Waals surface area contributed by atoms with E-state index in [-0.39, 0.29) is 18.3 Å². The van der Waals surface area contributed by atoms with Crippen molar-refractivity contribution in [1.29, 1.82) is 0 Å². The highest BCUT2D eigenvalue weighted by Gasteiger charge is 2.24. The van der Waals surface area contributed by atoms with Crippen molar-refractivity contribution in [3.05, 3.63) is 91.0 Å². The van der Waals surface area contributed by atoms with Gasteiger partial charge in [-0.2, -0.15) is 0 Å². The highest BCUT2D eigenvalue weighted by atomic mass is 16.6. The molecule has 6 heteroatoms. The second kappa shape index (κ2) is 10.7. The molecule has 0 spiro atoms. The third-order valence-electron chi connectivity index (χ3n) is 6.95. The Morgan fingerprint density at radius 1 is 0.436 bits per heavy atom. The third kappa shape index (κ3) is 6.42. The van der Waals surface area contributed by atoms with Crippen LogP contribution in [0.15, 0.2) is 91.0 Å². The predicted octanol–water partition coefficient (Wildman–Crippen LogP) is 6.02. The first kappa shape index (κ1) is 24.2. The number of benzene rings is 4. The summed E-state index contributed by atoms with van der Waals surface area (Å²) in [5, 5.41) is 0. The molecule has 0 amide bonds. The standard InChI is InChI=1S/C33H30O6/c1-4-22(13-28(7-1)34-16-31-19-37-31)25-10-26(23-5-2-8-29(14-23)35-17-32-20-38-32)12-27(11-25)24-6-3-9-30(15-24)36-18-33-21-39-33/h1-15,31-33H,16-21H2. The van der Waals surface area contributed by atoms with Crippen LogP contribution in [-0.4, -0.2) is 58.0 Å². The molecule has 39 heavy (non-hydrogen) atoms. The molecule has 0 radical (unpaired) electrons. The normalized spacial score (nSPS) is 20.8. The molecule has 3 atom stereocenters. The summed E-state index contributed by atoms with van der Waals surface area (Å²) in [6.45, 7) is 4.05. The molecular weight excluding hydrogens is 492 g/mol. The highest BCUT2D eigenvalue weighted by molar-refractivity contribution is 5.82. The van der Waals surface area contributed by atoms with Crippen LogP contribution in [0.5, 0.6) is 17.2 Å². The third-order valence-corrected chi connectivity index (χ3v) is 6.95. The predicted molar refractivity (Wildman–Crippen MR) is 148 cm³/mol.